The number of guanidine groups is 1. The van der Waals surface area contributed by atoms with Gasteiger partial charge in [-0.15, -0.1) is 10.2 Å². The van der Waals surface area contributed by atoms with Crippen molar-refractivity contribution in [2.75, 3.05) is 17.3 Å². The van der Waals surface area contributed by atoms with Crippen molar-refractivity contribution in [2.45, 2.75) is 0 Å². The maximum absolute atomic E-state index is 13.1. The lowest BCUT2D eigenvalue weighted by Crippen LogP contribution is -2.26. The van der Waals surface area contributed by atoms with E-state index in [1.54, 1.807) is 68.1 Å². The first-order valence-corrected chi connectivity index (χ1v) is 11.6. The average molecular weight is 503 g/mol. The second-order valence-electron chi connectivity index (χ2n) is 7.96. The minimum atomic E-state index is -0.479. The molecule has 3 aromatic carbocycles. The molecule has 0 atom stereocenters. The lowest BCUT2D eigenvalue weighted by atomic mass is 10.0. The third kappa shape index (κ3) is 5.05. The number of nitrogens with one attached hydrogen (secondary N) is 1. The van der Waals surface area contributed by atoms with Gasteiger partial charge in [0, 0.05) is 36.7 Å². The second-order valence-corrected chi connectivity index (χ2v) is 7.96. The molecule has 0 aliphatic rings. The van der Waals surface area contributed by atoms with Crippen LogP contribution in [0.1, 0.15) is 10.4 Å². The zero-order chi connectivity index (χ0) is 26.3. The van der Waals surface area contributed by atoms with Gasteiger partial charge in [0.1, 0.15) is 11.5 Å². The molecular formula is C28H22N8O2. The summed E-state index contributed by atoms with van der Waals surface area (Å²) < 4.78 is 0. The Morgan fingerprint density at radius 3 is 2.32 bits per heavy atom. The van der Waals surface area contributed by atoms with Crippen LogP contribution in [0, 0.1) is 0 Å². The van der Waals surface area contributed by atoms with Gasteiger partial charge in [-0.05, 0) is 41.8 Å². The molecule has 2 N–H and O–H groups in total. The molecule has 2 aromatic heterocycles. The number of benzene rings is 3. The number of carbonyl (C=O) groups excluding carboxylic acids is 1. The average Bonchev–Trinajstić information content (AvgIpc) is 2.97. The van der Waals surface area contributed by atoms with Crippen molar-refractivity contribution >= 4 is 45.8 Å². The van der Waals surface area contributed by atoms with Crippen molar-refractivity contribution in [1.29, 1.82) is 0 Å². The van der Waals surface area contributed by atoms with E-state index in [0.717, 1.165) is 0 Å². The summed E-state index contributed by atoms with van der Waals surface area (Å²) >= 11 is 0. The van der Waals surface area contributed by atoms with Crippen LogP contribution in [0.15, 0.2) is 119 Å². The number of hydrogen-bond donors (Lipinski definition) is 2. The summed E-state index contributed by atoms with van der Waals surface area (Å²) in [6.45, 7) is 0. The molecule has 5 rings (SSSR count). The number of para-hydroxylation sites is 1. The highest BCUT2D eigenvalue weighted by Crippen LogP contribution is 2.39. The largest absolute Gasteiger partial charge is 0.505 e. The Kier molecular flexibility index (Phi) is 7.03. The van der Waals surface area contributed by atoms with Gasteiger partial charge in [0.05, 0.1) is 5.56 Å². The van der Waals surface area contributed by atoms with Gasteiger partial charge in [-0.1, -0.05) is 48.5 Å². The van der Waals surface area contributed by atoms with E-state index in [1.165, 1.54) is 4.90 Å². The number of aromatic hydroxyl groups is 1. The Morgan fingerprint density at radius 1 is 0.868 bits per heavy atom. The molecule has 10 heteroatoms. The minimum Gasteiger partial charge on any atom is -0.505 e. The molecule has 1 amide bonds. The highest BCUT2D eigenvalue weighted by atomic mass is 16.3. The number of phenolic OH excluding ortho intramolecular Hbond substituents is 1. The van der Waals surface area contributed by atoms with E-state index in [2.05, 4.69) is 35.5 Å². The van der Waals surface area contributed by atoms with E-state index in [4.69, 9.17) is 0 Å². The van der Waals surface area contributed by atoms with Gasteiger partial charge in [0.2, 0.25) is 5.95 Å². The Hall–Kier alpha value is -5.51. The number of fused-ring (bicyclic) bond motifs is 1. The number of rotatable bonds is 5. The molecular weight excluding hydrogens is 480 g/mol. The Bertz CT molecular complexity index is 1590. The number of pyridine rings is 1. The van der Waals surface area contributed by atoms with E-state index in [0.29, 0.717) is 22.3 Å². The van der Waals surface area contributed by atoms with Crippen LogP contribution in [0.3, 0.4) is 0 Å². The van der Waals surface area contributed by atoms with Crippen molar-refractivity contribution in [2.24, 2.45) is 15.2 Å². The summed E-state index contributed by atoms with van der Waals surface area (Å²) in [5, 5.41) is 24.0. The molecule has 0 saturated carbocycles. The smallest absolute Gasteiger partial charge is 0.259 e. The van der Waals surface area contributed by atoms with E-state index >= 15 is 0 Å². The predicted octanol–water partition coefficient (Wildman–Crippen LogP) is 5.89. The molecule has 0 aliphatic carbocycles. The van der Waals surface area contributed by atoms with Crippen LogP contribution in [-0.4, -0.2) is 39.0 Å². The second kappa shape index (κ2) is 11.0. The van der Waals surface area contributed by atoms with Crippen molar-refractivity contribution in [3.8, 4) is 5.75 Å². The zero-order valence-corrected chi connectivity index (χ0v) is 20.3. The first kappa shape index (κ1) is 24.2. The fourth-order valence-corrected chi connectivity index (χ4v) is 3.78. The first-order chi connectivity index (χ1) is 18.7. The van der Waals surface area contributed by atoms with Crippen LogP contribution >= 0.6 is 0 Å². The van der Waals surface area contributed by atoms with Crippen LogP contribution in [-0.2, 0) is 0 Å². The van der Waals surface area contributed by atoms with Gasteiger partial charge in [0.15, 0.2) is 5.75 Å². The number of aliphatic imine (C=N–C) groups is 1. The highest BCUT2D eigenvalue weighted by Gasteiger charge is 2.22. The normalized spacial score (nSPS) is 11.6. The van der Waals surface area contributed by atoms with Crippen molar-refractivity contribution < 1.29 is 9.90 Å². The fraction of sp³-hybridized carbons (Fsp3) is 0.0357. The minimum absolute atomic E-state index is 0.0597. The van der Waals surface area contributed by atoms with Crippen LogP contribution in [0.25, 0.3) is 10.8 Å². The number of azo groups is 1. The lowest BCUT2D eigenvalue weighted by Gasteiger charge is -2.19. The van der Waals surface area contributed by atoms with Gasteiger partial charge in [0.25, 0.3) is 11.9 Å². The van der Waals surface area contributed by atoms with Gasteiger partial charge in [-0.25, -0.2) is 19.9 Å². The monoisotopic (exact) mass is 502 g/mol. The summed E-state index contributed by atoms with van der Waals surface area (Å²) in [7, 11) is 1.55. The first-order valence-electron chi connectivity index (χ1n) is 11.6. The Morgan fingerprint density at radius 2 is 1.58 bits per heavy atom. The third-order valence-corrected chi connectivity index (χ3v) is 5.54. The van der Waals surface area contributed by atoms with Crippen molar-refractivity contribution in [3.63, 3.8) is 0 Å². The zero-order valence-electron chi connectivity index (χ0n) is 20.3. The number of phenols is 1. The lowest BCUT2D eigenvalue weighted by molar-refractivity contribution is 0.102. The Labute approximate surface area is 218 Å². The Balaban J connectivity index is 1.58. The molecule has 0 radical (unpaired) electrons. The topological polar surface area (TPSA) is 128 Å². The summed E-state index contributed by atoms with van der Waals surface area (Å²) in [6.07, 6.45) is 4.82. The molecule has 0 fully saturated rings. The molecule has 0 bridgehead atoms. The number of carbonyl (C=O) groups is 1. The van der Waals surface area contributed by atoms with Gasteiger partial charge >= 0.3 is 0 Å². The molecule has 0 spiro atoms. The quantitative estimate of drug-likeness (QED) is 0.175. The van der Waals surface area contributed by atoms with Crippen molar-refractivity contribution in [3.05, 3.63) is 109 Å². The van der Waals surface area contributed by atoms with E-state index in [1.807, 2.05) is 42.5 Å². The molecule has 10 nitrogen and oxygen atoms in total. The molecule has 0 saturated heterocycles. The van der Waals surface area contributed by atoms with Gasteiger partial charge in [-0.3, -0.25) is 9.79 Å². The standard InChI is InChI=1S/C28H22N8O2/c1-29-27(36(23-14-7-8-15-30-23)28-31-16-9-17-32-28)35-34-24-21-13-6-5-10-19(21)18-22(25(24)37)26(38)33-20-11-3-2-4-12-20/h2-18,37H,1H3,(H,33,38)/b29-27-,35-34+. The fourth-order valence-electron chi connectivity index (χ4n) is 3.78. The number of anilines is 3. The van der Waals surface area contributed by atoms with Crippen LogP contribution in [0.5, 0.6) is 5.75 Å². The molecule has 5 aromatic rings. The summed E-state index contributed by atoms with van der Waals surface area (Å²) in [4.78, 5) is 31.9. The number of hydrogen-bond acceptors (Lipinski definition) is 7. The SMILES string of the molecule is C/N=C(/N=N/c1c(O)c(C(=O)Nc2ccccc2)cc2ccccc12)N(c1ccccn1)c1ncccn1. The van der Waals surface area contributed by atoms with Gasteiger partial charge in [-0.2, -0.15) is 0 Å². The summed E-state index contributed by atoms with van der Waals surface area (Å²) in [5.41, 5.74) is 0.782. The maximum Gasteiger partial charge on any atom is 0.259 e. The maximum atomic E-state index is 13.1. The molecule has 186 valence electrons. The van der Waals surface area contributed by atoms with E-state index < -0.39 is 5.91 Å². The molecule has 2 heterocycles. The summed E-state index contributed by atoms with van der Waals surface area (Å²) in [6, 6.07) is 25.0. The summed E-state index contributed by atoms with van der Waals surface area (Å²) in [5.74, 6) is 0.0985. The van der Waals surface area contributed by atoms with Crippen LogP contribution in [0.2, 0.25) is 0 Å². The number of amides is 1. The molecule has 0 aliphatic heterocycles. The van der Waals surface area contributed by atoms with Crippen LogP contribution in [0.4, 0.5) is 23.1 Å². The van der Waals surface area contributed by atoms with E-state index in [9.17, 15) is 9.90 Å². The highest BCUT2D eigenvalue weighted by molar-refractivity contribution is 6.12. The van der Waals surface area contributed by atoms with E-state index in [-0.39, 0.29) is 28.9 Å². The third-order valence-electron chi connectivity index (χ3n) is 5.54. The predicted molar refractivity (Wildman–Crippen MR) is 146 cm³/mol. The molecule has 38 heavy (non-hydrogen) atoms. The number of aromatic nitrogens is 3. The van der Waals surface area contributed by atoms with Crippen LogP contribution < -0.4 is 10.2 Å². The number of nitrogens with zero attached hydrogens (tertiary/aromatic N) is 7. The molecule has 0 unspecified atom stereocenters. The van der Waals surface area contributed by atoms with Gasteiger partial charge < -0.3 is 10.4 Å². The van der Waals surface area contributed by atoms with Crippen molar-refractivity contribution in [1.82, 2.24) is 15.0 Å².